The Balaban J connectivity index is 1.62. The number of nitrogens with zero attached hydrogens (tertiary/aromatic N) is 3. The second-order valence-corrected chi connectivity index (χ2v) is 7.99. The van der Waals surface area contributed by atoms with Crippen molar-refractivity contribution >= 4 is 23.7 Å². The van der Waals surface area contributed by atoms with Crippen LogP contribution < -0.4 is 10.2 Å². The van der Waals surface area contributed by atoms with E-state index in [2.05, 4.69) is 5.32 Å². The van der Waals surface area contributed by atoms with Gasteiger partial charge in [0.15, 0.2) is 0 Å². The fourth-order valence-electron chi connectivity index (χ4n) is 3.61. The highest BCUT2D eigenvalue weighted by molar-refractivity contribution is 5.98. The van der Waals surface area contributed by atoms with Crippen LogP contribution >= 0.6 is 0 Å². The van der Waals surface area contributed by atoms with Crippen LogP contribution in [-0.4, -0.2) is 73.7 Å². The largest absolute Gasteiger partial charge is 0.449 e. The van der Waals surface area contributed by atoms with Gasteiger partial charge in [-0.05, 0) is 43.0 Å². The minimum Gasteiger partial charge on any atom is -0.449 e. The number of aryl methyl sites for hydroxylation is 1. The molecule has 1 aromatic carbocycles. The standard InChI is InChI=1S/C21H30N4O4/c1-15(2)14-29-21(28)24-9-4-8-23(11-12-24)19(26)17-5-6-18(16(3)13-17)25-10-7-22-20(25)27/h5-6,13,15H,4,7-12,14H2,1-3H3,(H,22,27). The molecule has 2 heterocycles. The minimum atomic E-state index is -0.308. The molecule has 0 bridgehead atoms. The fraction of sp³-hybridized carbons (Fsp3) is 0.571. The van der Waals surface area contributed by atoms with Crippen molar-refractivity contribution in [3.8, 4) is 0 Å². The summed E-state index contributed by atoms with van der Waals surface area (Å²) in [6, 6.07) is 5.34. The van der Waals surface area contributed by atoms with Crippen molar-refractivity contribution in [3.05, 3.63) is 29.3 Å². The quantitative estimate of drug-likeness (QED) is 0.839. The highest BCUT2D eigenvalue weighted by Gasteiger charge is 2.26. The highest BCUT2D eigenvalue weighted by Crippen LogP contribution is 2.23. The summed E-state index contributed by atoms with van der Waals surface area (Å²) in [6.45, 7) is 9.69. The Hall–Kier alpha value is -2.77. The third-order valence-electron chi connectivity index (χ3n) is 5.17. The van der Waals surface area contributed by atoms with Gasteiger partial charge in [-0.25, -0.2) is 9.59 Å². The summed E-state index contributed by atoms with van der Waals surface area (Å²) in [5, 5.41) is 2.79. The Labute approximate surface area is 171 Å². The number of hydrogen-bond donors (Lipinski definition) is 1. The lowest BCUT2D eigenvalue weighted by molar-refractivity contribution is 0.0746. The van der Waals surface area contributed by atoms with Crippen LogP contribution in [0.2, 0.25) is 0 Å². The predicted molar refractivity (Wildman–Crippen MR) is 110 cm³/mol. The zero-order chi connectivity index (χ0) is 21.0. The predicted octanol–water partition coefficient (Wildman–Crippen LogP) is 2.47. The van der Waals surface area contributed by atoms with Crippen molar-refractivity contribution in [2.45, 2.75) is 27.2 Å². The van der Waals surface area contributed by atoms with Crippen LogP contribution in [0.1, 0.15) is 36.2 Å². The first-order valence-corrected chi connectivity index (χ1v) is 10.2. The molecule has 2 fully saturated rings. The van der Waals surface area contributed by atoms with Gasteiger partial charge in [-0.1, -0.05) is 13.8 Å². The summed E-state index contributed by atoms with van der Waals surface area (Å²) in [7, 11) is 0. The summed E-state index contributed by atoms with van der Waals surface area (Å²) < 4.78 is 5.31. The molecule has 8 heteroatoms. The van der Waals surface area contributed by atoms with Gasteiger partial charge in [-0.3, -0.25) is 9.69 Å². The number of ether oxygens (including phenoxy) is 1. The van der Waals surface area contributed by atoms with Gasteiger partial charge in [0, 0.05) is 50.5 Å². The van der Waals surface area contributed by atoms with E-state index in [0.29, 0.717) is 63.8 Å². The number of rotatable bonds is 4. The number of nitrogens with one attached hydrogen (secondary N) is 1. The molecule has 2 saturated heterocycles. The molecule has 8 nitrogen and oxygen atoms in total. The van der Waals surface area contributed by atoms with Crippen molar-refractivity contribution in [1.29, 1.82) is 0 Å². The van der Waals surface area contributed by atoms with E-state index in [-0.39, 0.29) is 18.0 Å². The van der Waals surface area contributed by atoms with Crippen molar-refractivity contribution in [3.63, 3.8) is 0 Å². The lowest BCUT2D eigenvalue weighted by Gasteiger charge is -2.23. The Morgan fingerprint density at radius 3 is 2.48 bits per heavy atom. The smallest absolute Gasteiger partial charge is 0.409 e. The second-order valence-electron chi connectivity index (χ2n) is 7.99. The molecule has 4 amide bonds. The van der Waals surface area contributed by atoms with Gasteiger partial charge in [0.05, 0.1) is 6.61 Å². The van der Waals surface area contributed by atoms with Crippen LogP contribution in [0.3, 0.4) is 0 Å². The molecule has 2 aliphatic rings. The van der Waals surface area contributed by atoms with Gasteiger partial charge in [0.1, 0.15) is 0 Å². The molecule has 0 spiro atoms. The van der Waals surface area contributed by atoms with Crippen LogP contribution in [0.15, 0.2) is 18.2 Å². The summed E-state index contributed by atoms with van der Waals surface area (Å²) >= 11 is 0. The van der Waals surface area contributed by atoms with E-state index in [4.69, 9.17) is 4.74 Å². The van der Waals surface area contributed by atoms with E-state index in [1.807, 2.05) is 32.9 Å². The molecule has 158 valence electrons. The maximum Gasteiger partial charge on any atom is 0.409 e. The van der Waals surface area contributed by atoms with Crippen molar-refractivity contribution in [2.24, 2.45) is 5.92 Å². The second kappa shape index (κ2) is 9.15. The van der Waals surface area contributed by atoms with Gasteiger partial charge < -0.3 is 19.9 Å². The topological polar surface area (TPSA) is 82.2 Å². The maximum absolute atomic E-state index is 13.0. The molecule has 0 atom stereocenters. The molecule has 1 aromatic rings. The third-order valence-corrected chi connectivity index (χ3v) is 5.17. The number of benzene rings is 1. The summed E-state index contributed by atoms with van der Waals surface area (Å²) in [6.07, 6.45) is 0.408. The van der Waals surface area contributed by atoms with Crippen molar-refractivity contribution in [1.82, 2.24) is 15.1 Å². The minimum absolute atomic E-state index is 0.0529. The van der Waals surface area contributed by atoms with E-state index in [0.717, 1.165) is 11.3 Å². The number of carbonyl (C=O) groups is 3. The Kier molecular flexibility index (Phi) is 6.61. The molecule has 0 unspecified atom stereocenters. The molecule has 2 aliphatic heterocycles. The maximum atomic E-state index is 13.0. The highest BCUT2D eigenvalue weighted by atomic mass is 16.6. The summed E-state index contributed by atoms with van der Waals surface area (Å²) in [4.78, 5) is 42.2. The monoisotopic (exact) mass is 402 g/mol. The van der Waals surface area contributed by atoms with Crippen molar-refractivity contribution in [2.75, 3.05) is 50.8 Å². The van der Waals surface area contributed by atoms with E-state index >= 15 is 0 Å². The van der Waals surface area contributed by atoms with Gasteiger partial charge in [0.25, 0.3) is 5.91 Å². The fourth-order valence-corrected chi connectivity index (χ4v) is 3.61. The average molecular weight is 402 g/mol. The van der Waals surface area contributed by atoms with Gasteiger partial charge in [-0.15, -0.1) is 0 Å². The first-order valence-electron chi connectivity index (χ1n) is 10.2. The number of amides is 4. The van der Waals surface area contributed by atoms with E-state index in [1.165, 1.54) is 0 Å². The van der Waals surface area contributed by atoms with E-state index in [1.54, 1.807) is 20.8 Å². The first-order chi connectivity index (χ1) is 13.9. The van der Waals surface area contributed by atoms with Gasteiger partial charge in [0.2, 0.25) is 0 Å². The van der Waals surface area contributed by atoms with E-state index in [9.17, 15) is 14.4 Å². The van der Waals surface area contributed by atoms with Crippen molar-refractivity contribution < 1.29 is 19.1 Å². The van der Waals surface area contributed by atoms with Crippen LogP contribution in [0.5, 0.6) is 0 Å². The van der Waals surface area contributed by atoms with E-state index < -0.39 is 0 Å². The number of hydrogen-bond acceptors (Lipinski definition) is 4. The summed E-state index contributed by atoms with van der Waals surface area (Å²) in [5.41, 5.74) is 2.31. The summed E-state index contributed by atoms with van der Waals surface area (Å²) in [5.74, 6) is 0.241. The van der Waals surface area contributed by atoms with Crippen LogP contribution in [0.25, 0.3) is 0 Å². The lowest BCUT2D eigenvalue weighted by Crippen LogP contribution is -2.38. The average Bonchev–Trinajstić information content (AvgIpc) is 2.96. The van der Waals surface area contributed by atoms with Gasteiger partial charge >= 0.3 is 12.1 Å². The lowest BCUT2D eigenvalue weighted by atomic mass is 10.1. The first kappa shape index (κ1) is 21.0. The zero-order valence-electron chi connectivity index (χ0n) is 17.4. The zero-order valence-corrected chi connectivity index (χ0v) is 17.4. The Morgan fingerprint density at radius 1 is 1.10 bits per heavy atom. The Morgan fingerprint density at radius 2 is 1.83 bits per heavy atom. The number of anilines is 1. The number of urea groups is 1. The molecule has 0 saturated carbocycles. The molecular weight excluding hydrogens is 372 g/mol. The molecule has 1 N–H and O–H groups in total. The normalized spacial score (nSPS) is 17.4. The SMILES string of the molecule is Cc1cc(C(=O)N2CCCN(C(=O)OCC(C)C)CC2)ccc1N1CCNC1=O. The van der Waals surface area contributed by atoms with Crippen LogP contribution in [-0.2, 0) is 4.74 Å². The molecular formula is C21H30N4O4. The molecule has 0 aromatic heterocycles. The molecule has 0 aliphatic carbocycles. The molecule has 3 rings (SSSR count). The molecule has 0 radical (unpaired) electrons. The van der Waals surface area contributed by atoms with Crippen LogP contribution in [0, 0.1) is 12.8 Å². The Bertz CT molecular complexity index is 780. The molecule has 29 heavy (non-hydrogen) atoms. The third kappa shape index (κ3) is 4.99. The van der Waals surface area contributed by atoms with Crippen LogP contribution in [0.4, 0.5) is 15.3 Å². The van der Waals surface area contributed by atoms with Gasteiger partial charge in [-0.2, -0.15) is 0 Å². The number of carbonyl (C=O) groups excluding carboxylic acids is 3.